The molecule has 0 aromatic carbocycles. The van der Waals surface area contributed by atoms with Crippen LogP contribution in [0.2, 0.25) is 0 Å². The minimum absolute atomic E-state index is 0.0170. The van der Waals surface area contributed by atoms with Crippen molar-refractivity contribution < 1.29 is 14.6 Å². The number of aliphatic hydroxyl groups is 1. The summed E-state index contributed by atoms with van der Waals surface area (Å²) < 4.78 is 5.08. The van der Waals surface area contributed by atoms with E-state index >= 15 is 0 Å². The van der Waals surface area contributed by atoms with Crippen molar-refractivity contribution in [3.8, 4) is 0 Å². The zero-order valence-electron chi connectivity index (χ0n) is 9.03. The van der Waals surface area contributed by atoms with Crippen molar-refractivity contribution in [2.24, 2.45) is 5.92 Å². The molecule has 1 fully saturated rings. The summed E-state index contributed by atoms with van der Waals surface area (Å²) in [4.78, 5) is 11.3. The third-order valence-electron chi connectivity index (χ3n) is 2.64. The highest BCUT2D eigenvalue weighted by Crippen LogP contribution is 2.27. The molecule has 82 valence electrons. The molecule has 1 aliphatic carbocycles. The van der Waals surface area contributed by atoms with Crippen molar-refractivity contribution >= 4 is 5.97 Å². The van der Waals surface area contributed by atoms with Crippen molar-refractivity contribution in [3.63, 3.8) is 0 Å². The Morgan fingerprint density at radius 3 is 2.43 bits per heavy atom. The summed E-state index contributed by atoms with van der Waals surface area (Å²) in [5, 5.41) is 9.29. The number of ether oxygens (including phenoxy) is 1. The number of esters is 1. The molecule has 3 heteroatoms. The minimum Gasteiger partial charge on any atom is -0.463 e. The van der Waals surface area contributed by atoms with Gasteiger partial charge in [0, 0.05) is 6.42 Å². The smallest absolute Gasteiger partial charge is 0.306 e. The van der Waals surface area contributed by atoms with Gasteiger partial charge < -0.3 is 9.84 Å². The lowest BCUT2D eigenvalue weighted by atomic mass is 9.85. The Kier molecular flexibility index (Phi) is 4.39. The second kappa shape index (κ2) is 5.35. The molecular weight excluding hydrogens is 180 g/mol. The Hall–Kier alpha value is -0.570. The summed E-state index contributed by atoms with van der Waals surface area (Å²) >= 11 is 0. The van der Waals surface area contributed by atoms with Crippen LogP contribution in [0.25, 0.3) is 0 Å². The predicted molar refractivity (Wildman–Crippen MR) is 53.8 cm³/mol. The number of aliphatic hydroxyl groups excluding tert-OH is 1. The Morgan fingerprint density at radius 1 is 1.36 bits per heavy atom. The molecule has 0 amide bonds. The third-order valence-corrected chi connectivity index (χ3v) is 2.64. The highest BCUT2D eigenvalue weighted by molar-refractivity contribution is 5.69. The number of hydrogen-bond acceptors (Lipinski definition) is 3. The first-order valence-corrected chi connectivity index (χ1v) is 5.45. The molecule has 0 aromatic heterocycles. The Bertz CT molecular complexity index is 181. The maximum atomic E-state index is 11.3. The zero-order valence-corrected chi connectivity index (χ0v) is 9.03. The van der Waals surface area contributed by atoms with Crippen molar-refractivity contribution in [2.45, 2.75) is 58.2 Å². The van der Waals surface area contributed by atoms with Gasteiger partial charge in [-0.25, -0.2) is 0 Å². The average Bonchev–Trinajstić information content (AvgIpc) is 2.07. The van der Waals surface area contributed by atoms with Crippen LogP contribution in [-0.4, -0.2) is 23.3 Å². The molecular formula is C11H20O3. The van der Waals surface area contributed by atoms with E-state index < -0.39 is 0 Å². The minimum atomic E-state index is -0.146. The van der Waals surface area contributed by atoms with Crippen molar-refractivity contribution in [3.05, 3.63) is 0 Å². The van der Waals surface area contributed by atoms with Crippen LogP contribution in [0.4, 0.5) is 0 Å². The Labute approximate surface area is 85.5 Å². The van der Waals surface area contributed by atoms with Gasteiger partial charge in [-0.1, -0.05) is 0 Å². The van der Waals surface area contributed by atoms with Crippen LogP contribution >= 0.6 is 0 Å². The molecule has 0 atom stereocenters. The number of carbonyl (C=O) groups excluding carboxylic acids is 1. The fourth-order valence-electron chi connectivity index (χ4n) is 1.90. The highest BCUT2D eigenvalue weighted by atomic mass is 16.5. The van der Waals surface area contributed by atoms with Crippen LogP contribution in [0.3, 0.4) is 0 Å². The lowest BCUT2D eigenvalue weighted by Crippen LogP contribution is -2.22. The topological polar surface area (TPSA) is 46.5 Å². The van der Waals surface area contributed by atoms with Crippen molar-refractivity contribution in [1.29, 1.82) is 0 Å². The molecule has 0 spiro atoms. The molecule has 1 saturated carbocycles. The molecule has 0 heterocycles. The molecule has 0 bridgehead atoms. The predicted octanol–water partition coefficient (Wildman–Crippen LogP) is 1.88. The standard InChI is InChI=1S/C11H20O3/c1-8(2)14-11(13)7-9-3-5-10(12)6-4-9/h8-10,12H,3-7H2,1-2H3. The maximum absolute atomic E-state index is 11.3. The summed E-state index contributed by atoms with van der Waals surface area (Å²) in [6.45, 7) is 3.73. The lowest BCUT2D eigenvalue weighted by Gasteiger charge is -2.24. The van der Waals surface area contributed by atoms with E-state index in [1.165, 1.54) is 0 Å². The monoisotopic (exact) mass is 200 g/mol. The van der Waals surface area contributed by atoms with Crippen LogP contribution in [0.5, 0.6) is 0 Å². The second-order valence-electron chi connectivity index (χ2n) is 4.42. The first kappa shape index (κ1) is 11.5. The summed E-state index contributed by atoms with van der Waals surface area (Å²) in [5.74, 6) is 0.325. The molecule has 0 saturated heterocycles. The number of hydrogen-bond donors (Lipinski definition) is 1. The molecule has 0 radical (unpaired) electrons. The maximum Gasteiger partial charge on any atom is 0.306 e. The van der Waals surface area contributed by atoms with Gasteiger partial charge in [0.15, 0.2) is 0 Å². The van der Waals surface area contributed by atoms with E-state index in [0.29, 0.717) is 12.3 Å². The molecule has 1 N–H and O–H groups in total. The zero-order chi connectivity index (χ0) is 10.6. The van der Waals surface area contributed by atoms with Gasteiger partial charge in [0.05, 0.1) is 12.2 Å². The van der Waals surface area contributed by atoms with E-state index in [0.717, 1.165) is 25.7 Å². The normalized spacial score (nSPS) is 27.7. The quantitative estimate of drug-likeness (QED) is 0.707. The van der Waals surface area contributed by atoms with Gasteiger partial charge in [-0.15, -0.1) is 0 Å². The highest BCUT2D eigenvalue weighted by Gasteiger charge is 2.22. The third kappa shape index (κ3) is 4.09. The fourth-order valence-corrected chi connectivity index (χ4v) is 1.90. The van der Waals surface area contributed by atoms with Crippen LogP contribution in [0.15, 0.2) is 0 Å². The summed E-state index contributed by atoms with van der Waals surface area (Å²) in [5.41, 5.74) is 0. The molecule has 0 aromatic rings. The van der Waals surface area contributed by atoms with Gasteiger partial charge in [-0.2, -0.15) is 0 Å². The Balaban J connectivity index is 2.20. The van der Waals surface area contributed by atoms with Crippen molar-refractivity contribution in [1.82, 2.24) is 0 Å². The van der Waals surface area contributed by atoms with E-state index in [1.54, 1.807) is 0 Å². The van der Waals surface area contributed by atoms with E-state index in [9.17, 15) is 9.90 Å². The number of carbonyl (C=O) groups is 1. The van der Waals surface area contributed by atoms with Gasteiger partial charge in [-0.3, -0.25) is 4.79 Å². The van der Waals surface area contributed by atoms with Gasteiger partial charge in [0.25, 0.3) is 0 Å². The molecule has 1 aliphatic rings. The van der Waals surface area contributed by atoms with Crippen LogP contribution in [0.1, 0.15) is 46.0 Å². The van der Waals surface area contributed by atoms with Gasteiger partial charge in [0.2, 0.25) is 0 Å². The summed E-state index contributed by atoms with van der Waals surface area (Å²) in [7, 11) is 0. The fraction of sp³-hybridized carbons (Fsp3) is 0.909. The lowest BCUT2D eigenvalue weighted by molar-refractivity contribution is -0.149. The average molecular weight is 200 g/mol. The molecule has 3 nitrogen and oxygen atoms in total. The van der Waals surface area contributed by atoms with E-state index in [4.69, 9.17) is 4.74 Å². The van der Waals surface area contributed by atoms with Crippen LogP contribution in [-0.2, 0) is 9.53 Å². The van der Waals surface area contributed by atoms with Gasteiger partial charge in [0.1, 0.15) is 0 Å². The van der Waals surface area contributed by atoms with Crippen LogP contribution in [0, 0.1) is 5.92 Å². The van der Waals surface area contributed by atoms with E-state index in [1.807, 2.05) is 13.8 Å². The van der Waals surface area contributed by atoms with Crippen molar-refractivity contribution in [2.75, 3.05) is 0 Å². The first-order chi connectivity index (χ1) is 6.58. The second-order valence-corrected chi connectivity index (χ2v) is 4.42. The number of rotatable bonds is 3. The van der Waals surface area contributed by atoms with Crippen LogP contribution < -0.4 is 0 Å². The largest absolute Gasteiger partial charge is 0.463 e. The molecule has 1 rings (SSSR count). The molecule has 14 heavy (non-hydrogen) atoms. The van der Waals surface area contributed by atoms with Gasteiger partial charge in [-0.05, 0) is 45.4 Å². The summed E-state index contributed by atoms with van der Waals surface area (Å²) in [6.07, 6.45) is 3.93. The van der Waals surface area contributed by atoms with E-state index in [-0.39, 0.29) is 18.2 Å². The van der Waals surface area contributed by atoms with Gasteiger partial charge >= 0.3 is 5.97 Å². The first-order valence-electron chi connectivity index (χ1n) is 5.45. The molecule has 0 aliphatic heterocycles. The SMILES string of the molecule is CC(C)OC(=O)CC1CCC(O)CC1. The van der Waals surface area contributed by atoms with E-state index in [2.05, 4.69) is 0 Å². The summed E-state index contributed by atoms with van der Waals surface area (Å²) in [6, 6.07) is 0. The Morgan fingerprint density at radius 2 is 1.93 bits per heavy atom. The molecule has 0 unspecified atom stereocenters.